The van der Waals surface area contributed by atoms with Gasteiger partial charge in [-0.25, -0.2) is 0 Å². The maximum atomic E-state index is 8.94. The van der Waals surface area contributed by atoms with Crippen molar-refractivity contribution in [1.29, 1.82) is 10.5 Å². The molecular formula is C14H9N3O. The monoisotopic (exact) mass is 235 g/mol. The van der Waals surface area contributed by atoms with E-state index < -0.39 is 0 Å². The summed E-state index contributed by atoms with van der Waals surface area (Å²) < 4.78 is 5.57. The summed E-state index contributed by atoms with van der Waals surface area (Å²) >= 11 is 0. The lowest BCUT2D eigenvalue weighted by atomic mass is 10.2. The van der Waals surface area contributed by atoms with E-state index in [1.165, 1.54) is 0 Å². The molecule has 0 bridgehead atoms. The molecule has 0 unspecified atom stereocenters. The highest BCUT2D eigenvalue weighted by Gasteiger charge is 2.05. The Balaban J connectivity index is 2.36. The van der Waals surface area contributed by atoms with Crippen molar-refractivity contribution in [3.63, 3.8) is 0 Å². The van der Waals surface area contributed by atoms with Crippen molar-refractivity contribution in [2.45, 2.75) is 0 Å². The summed E-state index contributed by atoms with van der Waals surface area (Å²) in [7, 11) is 0. The predicted octanol–water partition coefficient (Wildman–Crippen LogP) is 2.80. The number of benzene rings is 2. The molecule has 0 aliphatic heterocycles. The standard InChI is InChI=1S/C14H9N3O/c15-8-10-3-1-2-4-14(10)18-12-5-6-13(17)11(7-12)9-16/h1-7H,17H2. The van der Waals surface area contributed by atoms with E-state index in [9.17, 15) is 0 Å². The van der Waals surface area contributed by atoms with Crippen LogP contribution in [0.5, 0.6) is 11.5 Å². The number of nitrogens with two attached hydrogens (primary N) is 1. The topological polar surface area (TPSA) is 82.8 Å². The summed E-state index contributed by atoms with van der Waals surface area (Å²) in [6.45, 7) is 0. The minimum Gasteiger partial charge on any atom is -0.456 e. The second-order valence-electron chi connectivity index (χ2n) is 3.57. The molecule has 0 spiro atoms. The molecule has 0 saturated carbocycles. The Bertz CT molecular complexity index is 665. The number of nitriles is 2. The summed E-state index contributed by atoms with van der Waals surface area (Å²) in [5.74, 6) is 0.928. The van der Waals surface area contributed by atoms with Crippen molar-refractivity contribution in [2.24, 2.45) is 0 Å². The van der Waals surface area contributed by atoms with Crippen molar-refractivity contribution in [3.8, 4) is 23.6 Å². The van der Waals surface area contributed by atoms with Crippen LogP contribution in [0.3, 0.4) is 0 Å². The van der Waals surface area contributed by atoms with Crippen molar-refractivity contribution < 1.29 is 4.74 Å². The van der Waals surface area contributed by atoms with Gasteiger partial charge in [-0.15, -0.1) is 0 Å². The van der Waals surface area contributed by atoms with Crippen molar-refractivity contribution >= 4 is 5.69 Å². The summed E-state index contributed by atoms with van der Waals surface area (Å²) in [5.41, 5.74) is 6.81. The Kier molecular flexibility index (Phi) is 3.13. The van der Waals surface area contributed by atoms with Gasteiger partial charge >= 0.3 is 0 Å². The molecular weight excluding hydrogens is 226 g/mol. The molecule has 4 heteroatoms. The first-order chi connectivity index (χ1) is 8.74. The molecule has 0 amide bonds. The maximum Gasteiger partial charge on any atom is 0.145 e. The van der Waals surface area contributed by atoms with E-state index in [0.29, 0.717) is 28.3 Å². The normalized spacial score (nSPS) is 9.22. The zero-order valence-electron chi connectivity index (χ0n) is 9.42. The van der Waals surface area contributed by atoms with E-state index in [2.05, 4.69) is 0 Å². The van der Waals surface area contributed by atoms with Crippen molar-refractivity contribution in [2.75, 3.05) is 5.73 Å². The van der Waals surface area contributed by atoms with Crippen LogP contribution in [0.25, 0.3) is 0 Å². The highest BCUT2D eigenvalue weighted by atomic mass is 16.5. The zero-order valence-corrected chi connectivity index (χ0v) is 9.42. The van der Waals surface area contributed by atoms with Gasteiger partial charge in [-0.1, -0.05) is 12.1 Å². The number of hydrogen-bond donors (Lipinski definition) is 1. The van der Waals surface area contributed by atoms with Crippen LogP contribution < -0.4 is 10.5 Å². The molecule has 2 aromatic rings. The van der Waals surface area contributed by atoms with E-state index in [4.69, 9.17) is 21.0 Å². The number of anilines is 1. The maximum absolute atomic E-state index is 8.94. The summed E-state index contributed by atoms with van der Waals surface area (Å²) in [5, 5.41) is 17.8. The van der Waals surface area contributed by atoms with Crippen molar-refractivity contribution in [1.82, 2.24) is 0 Å². The molecule has 2 aromatic carbocycles. The molecule has 0 fully saturated rings. The molecule has 0 heterocycles. The van der Waals surface area contributed by atoms with Gasteiger partial charge in [-0.3, -0.25) is 0 Å². The van der Waals surface area contributed by atoms with Crippen LogP contribution in [0.15, 0.2) is 42.5 Å². The first-order valence-electron chi connectivity index (χ1n) is 5.21. The van der Waals surface area contributed by atoms with Gasteiger partial charge < -0.3 is 10.5 Å². The molecule has 4 nitrogen and oxygen atoms in total. The Hall–Kier alpha value is -2.98. The first kappa shape index (κ1) is 11.5. The number of rotatable bonds is 2. The minimum absolute atomic E-state index is 0.349. The second-order valence-corrected chi connectivity index (χ2v) is 3.57. The average molecular weight is 235 g/mol. The van der Waals surface area contributed by atoms with Crippen LogP contribution in [0, 0.1) is 22.7 Å². The van der Waals surface area contributed by atoms with E-state index in [1.807, 2.05) is 12.1 Å². The van der Waals surface area contributed by atoms with Gasteiger partial charge in [0, 0.05) is 11.8 Å². The van der Waals surface area contributed by atoms with Crippen LogP contribution >= 0.6 is 0 Å². The van der Waals surface area contributed by atoms with E-state index in [1.54, 1.807) is 42.5 Å². The summed E-state index contributed by atoms with van der Waals surface area (Å²) in [4.78, 5) is 0. The lowest BCUT2D eigenvalue weighted by Gasteiger charge is -2.08. The molecule has 0 aliphatic rings. The van der Waals surface area contributed by atoms with Gasteiger partial charge in [-0.05, 0) is 24.3 Å². The number of para-hydroxylation sites is 1. The molecule has 0 aliphatic carbocycles. The fourth-order valence-corrected chi connectivity index (χ4v) is 1.47. The van der Waals surface area contributed by atoms with E-state index >= 15 is 0 Å². The third kappa shape index (κ3) is 2.23. The Morgan fingerprint density at radius 2 is 1.67 bits per heavy atom. The highest BCUT2D eigenvalue weighted by molar-refractivity contribution is 5.57. The minimum atomic E-state index is 0.349. The summed E-state index contributed by atoms with van der Waals surface area (Å²) in [6, 6.07) is 15.7. The number of hydrogen-bond acceptors (Lipinski definition) is 4. The van der Waals surface area contributed by atoms with Crippen LogP contribution in [0.2, 0.25) is 0 Å². The molecule has 2 rings (SSSR count). The molecule has 18 heavy (non-hydrogen) atoms. The highest BCUT2D eigenvalue weighted by Crippen LogP contribution is 2.27. The van der Waals surface area contributed by atoms with Crippen LogP contribution in [0.1, 0.15) is 11.1 Å². The number of ether oxygens (including phenoxy) is 1. The Morgan fingerprint density at radius 3 is 2.39 bits per heavy atom. The average Bonchev–Trinajstić information content (AvgIpc) is 2.41. The molecule has 0 radical (unpaired) electrons. The lowest BCUT2D eigenvalue weighted by molar-refractivity contribution is 0.481. The smallest absolute Gasteiger partial charge is 0.145 e. The zero-order chi connectivity index (χ0) is 13.0. The third-order valence-corrected chi connectivity index (χ3v) is 2.38. The SMILES string of the molecule is N#Cc1cc(Oc2ccccc2C#N)ccc1N. The van der Waals surface area contributed by atoms with Gasteiger partial charge in [0.05, 0.1) is 11.1 Å². The van der Waals surface area contributed by atoms with Gasteiger partial charge in [0.1, 0.15) is 23.6 Å². The quantitative estimate of drug-likeness (QED) is 0.811. The van der Waals surface area contributed by atoms with E-state index in [-0.39, 0.29) is 0 Å². The second kappa shape index (κ2) is 4.90. The Labute approximate surface area is 104 Å². The van der Waals surface area contributed by atoms with Crippen LogP contribution in [-0.4, -0.2) is 0 Å². The van der Waals surface area contributed by atoms with Crippen molar-refractivity contribution in [3.05, 3.63) is 53.6 Å². The van der Waals surface area contributed by atoms with Gasteiger partial charge in [0.25, 0.3) is 0 Å². The lowest BCUT2D eigenvalue weighted by Crippen LogP contribution is -1.92. The molecule has 0 atom stereocenters. The van der Waals surface area contributed by atoms with Gasteiger partial charge in [-0.2, -0.15) is 10.5 Å². The molecule has 86 valence electrons. The fraction of sp³-hybridized carbons (Fsp3) is 0. The number of nitrogen functional groups attached to an aromatic ring is 1. The van der Waals surface area contributed by atoms with Gasteiger partial charge in [0.2, 0.25) is 0 Å². The largest absolute Gasteiger partial charge is 0.456 e. The Morgan fingerprint density at radius 1 is 0.944 bits per heavy atom. The third-order valence-electron chi connectivity index (χ3n) is 2.38. The first-order valence-corrected chi connectivity index (χ1v) is 5.21. The van der Waals surface area contributed by atoms with E-state index in [0.717, 1.165) is 0 Å². The van der Waals surface area contributed by atoms with Crippen LogP contribution in [0.4, 0.5) is 5.69 Å². The van der Waals surface area contributed by atoms with Gasteiger partial charge in [0.15, 0.2) is 0 Å². The summed E-state index contributed by atoms with van der Waals surface area (Å²) in [6.07, 6.45) is 0. The molecule has 0 aromatic heterocycles. The predicted molar refractivity (Wildman–Crippen MR) is 66.8 cm³/mol. The molecule has 2 N–H and O–H groups in total. The molecule has 0 saturated heterocycles. The van der Waals surface area contributed by atoms with Crippen LogP contribution in [-0.2, 0) is 0 Å². The number of nitrogens with zero attached hydrogens (tertiary/aromatic N) is 2. The fourth-order valence-electron chi connectivity index (χ4n) is 1.47.